The average molecular weight is 199 g/mol. The molecule has 0 radical (unpaired) electrons. The summed E-state index contributed by atoms with van der Waals surface area (Å²) in [4.78, 5) is 12.7. The maximum Gasteiger partial charge on any atom is 0.300 e. The summed E-state index contributed by atoms with van der Waals surface area (Å²) < 4.78 is 24.0. The van der Waals surface area contributed by atoms with Gasteiger partial charge in [0.25, 0.3) is 0 Å². The number of halogens is 2. The van der Waals surface area contributed by atoms with Gasteiger partial charge in [-0.2, -0.15) is 0 Å². The van der Waals surface area contributed by atoms with Crippen molar-refractivity contribution >= 4 is 11.5 Å². The van der Waals surface area contributed by atoms with E-state index in [1.165, 1.54) is 12.1 Å². The fraction of sp³-hybridized carbons (Fsp3) is 0.300. The van der Waals surface area contributed by atoms with Crippen LogP contribution < -0.4 is 4.90 Å². The van der Waals surface area contributed by atoms with Gasteiger partial charge in [0.15, 0.2) is 0 Å². The Bertz CT molecular complexity index is 319. The molecule has 14 heavy (non-hydrogen) atoms. The third-order valence-corrected chi connectivity index (χ3v) is 1.87. The van der Waals surface area contributed by atoms with Gasteiger partial charge >= 0.3 is 6.43 Å². The van der Waals surface area contributed by atoms with E-state index in [1.54, 1.807) is 12.1 Å². The molecule has 0 bridgehead atoms. The molecule has 0 aliphatic heterocycles. The summed E-state index contributed by atoms with van der Waals surface area (Å²) in [6.07, 6.45) is -2.93. The van der Waals surface area contributed by atoms with Crippen molar-refractivity contribution in [2.75, 3.05) is 19.0 Å². The van der Waals surface area contributed by atoms with Gasteiger partial charge in [-0.1, -0.05) is 0 Å². The van der Waals surface area contributed by atoms with Gasteiger partial charge in [0, 0.05) is 25.3 Å². The highest BCUT2D eigenvalue weighted by atomic mass is 19.3. The lowest BCUT2D eigenvalue weighted by Crippen LogP contribution is -2.11. The maximum absolute atomic E-state index is 12.0. The minimum absolute atomic E-state index is 0.0469. The van der Waals surface area contributed by atoms with Crippen LogP contribution in [0.15, 0.2) is 24.3 Å². The summed E-state index contributed by atoms with van der Waals surface area (Å²) in [6.45, 7) is 0. The van der Waals surface area contributed by atoms with Gasteiger partial charge in [-0.25, -0.2) is 8.78 Å². The molecule has 0 fully saturated rings. The van der Waals surface area contributed by atoms with E-state index in [0.29, 0.717) is 0 Å². The average Bonchev–Trinajstić information content (AvgIpc) is 2.16. The topological polar surface area (TPSA) is 20.3 Å². The van der Waals surface area contributed by atoms with Crippen LogP contribution in [0.5, 0.6) is 0 Å². The molecular weight excluding hydrogens is 188 g/mol. The fourth-order valence-electron chi connectivity index (χ4n) is 1.05. The Labute approximate surface area is 81.1 Å². The molecule has 1 aromatic rings. The summed E-state index contributed by atoms with van der Waals surface area (Å²) >= 11 is 0. The molecule has 1 rings (SSSR count). The van der Waals surface area contributed by atoms with Crippen molar-refractivity contribution < 1.29 is 13.6 Å². The van der Waals surface area contributed by atoms with Gasteiger partial charge in [0.05, 0.1) is 0 Å². The summed E-state index contributed by atoms with van der Waals surface area (Å²) in [5.74, 6) is -1.13. The number of hydrogen-bond acceptors (Lipinski definition) is 2. The van der Waals surface area contributed by atoms with Crippen LogP contribution in [0.25, 0.3) is 0 Å². The van der Waals surface area contributed by atoms with Crippen LogP contribution >= 0.6 is 0 Å². The maximum atomic E-state index is 12.0. The predicted octanol–water partition coefficient (Wildman–Crippen LogP) is 2.20. The molecule has 0 N–H and O–H groups in total. The number of carbonyl (C=O) groups excluding carboxylic acids is 1. The Balaban J connectivity index is 2.89. The summed E-state index contributed by atoms with van der Waals surface area (Å²) in [5.41, 5.74) is 0.918. The smallest absolute Gasteiger partial charge is 0.300 e. The first kappa shape index (κ1) is 10.6. The van der Waals surface area contributed by atoms with Gasteiger partial charge in [0.1, 0.15) is 0 Å². The Morgan fingerprint density at radius 2 is 1.71 bits per heavy atom. The molecule has 0 unspecified atom stereocenters. The third-order valence-electron chi connectivity index (χ3n) is 1.87. The Hall–Kier alpha value is -1.45. The molecule has 1 aromatic carbocycles. The monoisotopic (exact) mass is 199 g/mol. The van der Waals surface area contributed by atoms with E-state index in [2.05, 4.69) is 0 Å². The first-order valence-electron chi connectivity index (χ1n) is 4.12. The molecule has 0 aliphatic rings. The van der Waals surface area contributed by atoms with E-state index in [4.69, 9.17) is 0 Å². The van der Waals surface area contributed by atoms with Crippen molar-refractivity contribution in [2.45, 2.75) is 6.43 Å². The quantitative estimate of drug-likeness (QED) is 0.695. The second kappa shape index (κ2) is 4.17. The number of rotatable bonds is 3. The first-order chi connectivity index (χ1) is 6.52. The standard InChI is InChI=1S/C10H11F2NO/c1-13(2)8-5-3-7(4-6-8)9(14)10(11)12/h3-6,10H,1-2H3. The molecule has 0 heterocycles. The van der Waals surface area contributed by atoms with Gasteiger partial charge < -0.3 is 4.90 Å². The molecule has 4 heteroatoms. The lowest BCUT2D eigenvalue weighted by Gasteiger charge is -2.12. The molecule has 0 amide bonds. The number of nitrogens with zero attached hydrogens (tertiary/aromatic N) is 1. The minimum atomic E-state index is -2.93. The third kappa shape index (κ3) is 2.28. The van der Waals surface area contributed by atoms with Gasteiger partial charge in [-0.05, 0) is 24.3 Å². The number of hydrogen-bond donors (Lipinski definition) is 0. The zero-order valence-electron chi connectivity index (χ0n) is 8.00. The molecule has 0 saturated carbocycles. The highest BCUT2D eigenvalue weighted by Gasteiger charge is 2.17. The number of ketones is 1. The number of alkyl halides is 2. The molecule has 0 spiro atoms. The molecule has 0 aromatic heterocycles. The van der Waals surface area contributed by atoms with E-state index < -0.39 is 12.2 Å². The zero-order valence-corrected chi connectivity index (χ0v) is 8.00. The molecule has 0 aliphatic carbocycles. The highest BCUT2D eigenvalue weighted by molar-refractivity contribution is 5.98. The van der Waals surface area contributed by atoms with Crippen LogP contribution in [0, 0.1) is 0 Å². The van der Waals surface area contributed by atoms with E-state index in [9.17, 15) is 13.6 Å². The van der Waals surface area contributed by atoms with E-state index in [0.717, 1.165) is 5.69 Å². The van der Waals surface area contributed by atoms with Crippen molar-refractivity contribution in [3.05, 3.63) is 29.8 Å². The Morgan fingerprint density at radius 1 is 1.21 bits per heavy atom. The second-order valence-electron chi connectivity index (χ2n) is 3.11. The van der Waals surface area contributed by atoms with Crippen LogP contribution in [0.2, 0.25) is 0 Å². The lowest BCUT2D eigenvalue weighted by atomic mass is 10.1. The van der Waals surface area contributed by atoms with E-state index >= 15 is 0 Å². The lowest BCUT2D eigenvalue weighted by molar-refractivity contribution is 0.0679. The van der Waals surface area contributed by atoms with Crippen molar-refractivity contribution in [1.29, 1.82) is 0 Å². The van der Waals surface area contributed by atoms with Crippen LogP contribution in [0.3, 0.4) is 0 Å². The highest BCUT2D eigenvalue weighted by Crippen LogP contribution is 2.14. The molecule has 0 atom stereocenters. The van der Waals surface area contributed by atoms with Crippen LogP contribution in [-0.4, -0.2) is 26.3 Å². The van der Waals surface area contributed by atoms with Gasteiger partial charge in [0.2, 0.25) is 5.78 Å². The molecule has 0 saturated heterocycles. The number of anilines is 1. The summed E-state index contributed by atoms with van der Waals surface area (Å²) in [5, 5.41) is 0. The van der Waals surface area contributed by atoms with Crippen molar-refractivity contribution in [3.8, 4) is 0 Å². The van der Waals surface area contributed by atoms with Crippen molar-refractivity contribution in [2.24, 2.45) is 0 Å². The number of carbonyl (C=O) groups is 1. The second-order valence-corrected chi connectivity index (χ2v) is 3.11. The summed E-state index contributed by atoms with van der Waals surface area (Å²) in [6, 6.07) is 6.08. The first-order valence-corrected chi connectivity index (χ1v) is 4.12. The molecule has 76 valence electrons. The Morgan fingerprint density at radius 3 is 2.07 bits per heavy atom. The number of benzene rings is 1. The minimum Gasteiger partial charge on any atom is -0.378 e. The molecular formula is C10H11F2NO. The summed E-state index contributed by atoms with van der Waals surface area (Å²) in [7, 11) is 3.67. The van der Waals surface area contributed by atoms with Crippen LogP contribution in [0.4, 0.5) is 14.5 Å². The predicted molar refractivity (Wildman–Crippen MR) is 51.1 cm³/mol. The zero-order chi connectivity index (χ0) is 10.7. The molecule has 2 nitrogen and oxygen atoms in total. The van der Waals surface area contributed by atoms with Gasteiger partial charge in [-0.3, -0.25) is 4.79 Å². The van der Waals surface area contributed by atoms with Gasteiger partial charge in [-0.15, -0.1) is 0 Å². The fourth-order valence-corrected chi connectivity index (χ4v) is 1.05. The largest absolute Gasteiger partial charge is 0.378 e. The van der Waals surface area contributed by atoms with Crippen LogP contribution in [-0.2, 0) is 0 Å². The van der Waals surface area contributed by atoms with Crippen LogP contribution in [0.1, 0.15) is 10.4 Å². The Kier molecular flexibility index (Phi) is 3.17. The van der Waals surface area contributed by atoms with Crippen molar-refractivity contribution in [1.82, 2.24) is 0 Å². The van der Waals surface area contributed by atoms with Crippen molar-refractivity contribution in [3.63, 3.8) is 0 Å². The SMILES string of the molecule is CN(C)c1ccc(C(=O)C(F)F)cc1. The van der Waals surface area contributed by atoms with E-state index in [1.807, 2.05) is 19.0 Å². The normalized spacial score (nSPS) is 10.4. The number of Topliss-reactive ketones (excluding diaryl/α,β-unsaturated/α-hetero) is 1. The van der Waals surface area contributed by atoms with E-state index in [-0.39, 0.29) is 5.56 Å².